The molecule has 0 unspecified atom stereocenters. The van der Waals surface area contributed by atoms with E-state index < -0.39 is 22.8 Å². The fraction of sp³-hybridized carbons (Fsp3) is 0.318. The van der Waals surface area contributed by atoms with E-state index in [0.717, 1.165) is 16.8 Å². The van der Waals surface area contributed by atoms with Crippen LogP contribution in [-0.4, -0.2) is 30.3 Å². The van der Waals surface area contributed by atoms with E-state index in [9.17, 15) is 14.4 Å². The maximum absolute atomic E-state index is 13.4. The Morgan fingerprint density at radius 2 is 1.68 bits per heavy atom. The zero-order valence-electron chi connectivity index (χ0n) is 16.4. The van der Waals surface area contributed by atoms with Gasteiger partial charge in [-0.25, -0.2) is 0 Å². The van der Waals surface area contributed by atoms with Crippen molar-refractivity contribution < 1.29 is 14.4 Å². The SMILES string of the molecule is CN1C(=O)[C@](CC(=O)NC(C)(C)C(N)=O)(Cc2ccccc2)c2ccccc21. The molecule has 0 bridgehead atoms. The molecule has 2 aromatic carbocycles. The maximum atomic E-state index is 13.4. The number of carbonyl (C=O) groups excluding carboxylic acids is 3. The number of anilines is 1. The van der Waals surface area contributed by atoms with Crippen molar-refractivity contribution in [3.63, 3.8) is 0 Å². The van der Waals surface area contributed by atoms with Crippen LogP contribution in [0.25, 0.3) is 0 Å². The summed E-state index contributed by atoms with van der Waals surface area (Å²) < 4.78 is 0. The van der Waals surface area contributed by atoms with Crippen molar-refractivity contribution in [3.05, 3.63) is 65.7 Å². The highest BCUT2D eigenvalue weighted by Gasteiger charge is 2.51. The van der Waals surface area contributed by atoms with Gasteiger partial charge < -0.3 is 16.0 Å². The molecule has 0 aliphatic carbocycles. The number of hydrogen-bond donors (Lipinski definition) is 2. The normalized spacial score (nSPS) is 18.7. The molecule has 1 atom stereocenters. The standard InChI is InChI=1S/C22H25N3O3/c1-21(2,19(23)27)24-18(26)14-22(13-15-9-5-4-6-10-15)16-11-7-8-12-17(16)25(3)20(22)28/h4-12H,13-14H2,1-3H3,(H2,23,27)(H,24,26)/t22-/m0/s1. The van der Waals surface area contributed by atoms with Gasteiger partial charge in [0, 0.05) is 19.2 Å². The Bertz CT molecular complexity index is 924. The van der Waals surface area contributed by atoms with Gasteiger partial charge in [0.15, 0.2) is 0 Å². The summed E-state index contributed by atoms with van der Waals surface area (Å²) in [5.41, 5.74) is 5.72. The highest BCUT2D eigenvalue weighted by atomic mass is 16.2. The number of rotatable bonds is 6. The molecule has 6 heteroatoms. The fourth-order valence-electron chi connectivity index (χ4n) is 3.79. The van der Waals surface area contributed by atoms with Gasteiger partial charge in [0.1, 0.15) is 5.54 Å². The van der Waals surface area contributed by atoms with Gasteiger partial charge in [-0.05, 0) is 37.5 Å². The molecule has 3 rings (SSSR count). The van der Waals surface area contributed by atoms with Crippen molar-refractivity contribution in [2.45, 2.75) is 37.6 Å². The number of hydrogen-bond acceptors (Lipinski definition) is 3. The summed E-state index contributed by atoms with van der Waals surface area (Å²) in [5, 5.41) is 2.68. The molecular weight excluding hydrogens is 354 g/mol. The van der Waals surface area contributed by atoms with Crippen molar-refractivity contribution in [2.75, 3.05) is 11.9 Å². The average Bonchev–Trinajstić information content (AvgIpc) is 2.84. The van der Waals surface area contributed by atoms with Crippen LogP contribution in [-0.2, 0) is 26.2 Å². The van der Waals surface area contributed by atoms with Gasteiger partial charge in [0.2, 0.25) is 17.7 Å². The van der Waals surface area contributed by atoms with Crippen LogP contribution in [0.4, 0.5) is 5.69 Å². The molecule has 1 heterocycles. The first-order valence-electron chi connectivity index (χ1n) is 9.20. The molecule has 146 valence electrons. The molecule has 28 heavy (non-hydrogen) atoms. The van der Waals surface area contributed by atoms with Crippen LogP contribution in [0, 0.1) is 0 Å². The molecule has 0 radical (unpaired) electrons. The predicted molar refractivity (Wildman–Crippen MR) is 108 cm³/mol. The lowest BCUT2D eigenvalue weighted by atomic mass is 9.73. The van der Waals surface area contributed by atoms with Gasteiger partial charge in [-0.2, -0.15) is 0 Å². The molecule has 1 aliphatic rings. The molecule has 0 spiro atoms. The second-order valence-corrected chi connectivity index (χ2v) is 7.84. The van der Waals surface area contributed by atoms with Crippen molar-refractivity contribution in [1.82, 2.24) is 5.32 Å². The summed E-state index contributed by atoms with van der Waals surface area (Å²) >= 11 is 0. The van der Waals surface area contributed by atoms with Gasteiger partial charge in [0.25, 0.3) is 0 Å². The Labute approximate surface area is 164 Å². The van der Waals surface area contributed by atoms with E-state index in [1.165, 1.54) is 0 Å². The topological polar surface area (TPSA) is 92.5 Å². The van der Waals surface area contributed by atoms with Crippen LogP contribution in [0.1, 0.15) is 31.4 Å². The Balaban J connectivity index is 2.03. The van der Waals surface area contributed by atoms with E-state index in [1.807, 2.05) is 54.6 Å². The molecular formula is C22H25N3O3. The maximum Gasteiger partial charge on any atom is 0.242 e. The molecule has 1 aliphatic heterocycles. The molecule has 6 nitrogen and oxygen atoms in total. The van der Waals surface area contributed by atoms with Crippen LogP contribution in [0.2, 0.25) is 0 Å². The van der Waals surface area contributed by atoms with Crippen molar-refractivity contribution in [3.8, 4) is 0 Å². The zero-order valence-corrected chi connectivity index (χ0v) is 16.4. The fourth-order valence-corrected chi connectivity index (χ4v) is 3.79. The Morgan fingerprint density at radius 1 is 1.07 bits per heavy atom. The lowest BCUT2D eigenvalue weighted by Crippen LogP contribution is -2.55. The third-order valence-corrected chi connectivity index (χ3v) is 5.37. The quantitative estimate of drug-likeness (QED) is 0.803. The van der Waals surface area contributed by atoms with Crippen molar-refractivity contribution in [2.24, 2.45) is 5.73 Å². The van der Waals surface area contributed by atoms with Crippen LogP contribution in [0.5, 0.6) is 0 Å². The molecule has 0 aromatic heterocycles. The zero-order chi connectivity index (χ0) is 20.5. The molecule has 0 fully saturated rings. The summed E-state index contributed by atoms with van der Waals surface area (Å²) in [6.07, 6.45) is 0.317. The molecule has 0 saturated heterocycles. The predicted octanol–water partition coefficient (Wildman–Crippen LogP) is 1.91. The number of primary amides is 1. The summed E-state index contributed by atoms with van der Waals surface area (Å²) in [7, 11) is 1.72. The third-order valence-electron chi connectivity index (χ3n) is 5.37. The first kappa shape index (κ1) is 19.6. The van der Waals surface area contributed by atoms with Gasteiger partial charge in [-0.15, -0.1) is 0 Å². The molecule has 0 saturated carbocycles. The summed E-state index contributed by atoms with van der Waals surface area (Å²) in [6, 6.07) is 17.1. The van der Waals surface area contributed by atoms with Gasteiger partial charge in [-0.1, -0.05) is 48.5 Å². The van der Waals surface area contributed by atoms with Gasteiger partial charge in [-0.3, -0.25) is 14.4 Å². The number of nitrogens with two attached hydrogens (primary N) is 1. The molecule has 2 aromatic rings. The Kier molecular flexibility index (Phi) is 4.98. The lowest BCUT2D eigenvalue weighted by molar-refractivity contribution is -0.133. The van der Waals surface area contributed by atoms with Crippen molar-refractivity contribution in [1.29, 1.82) is 0 Å². The largest absolute Gasteiger partial charge is 0.368 e. The van der Waals surface area contributed by atoms with Crippen LogP contribution < -0.4 is 16.0 Å². The minimum atomic E-state index is -1.20. The Hall–Kier alpha value is -3.15. The molecule has 3 N–H and O–H groups in total. The van der Waals surface area contributed by atoms with E-state index in [-0.39, 0.29) is 12.3 Å². The van der Waals surface area contributed by atoms with Crippen LogP contribution in [0.3, 0.4) is 0 Å². The number of likely N-dealkylation sites (N-methyl/N-ethyl adjacent to an activating group) is 1. The summed E-state index contributed by atoms with van der Waals surface area (Å²) in [4.78, 5) is 39.5. The number of benzene rings is 2. The summed E-state index contributed by atoms with van der Waals surface area (Å²) in [6.45, 7) is 3.10. The smallest absolute Gasteiger partial charge is 0.242 e. The first-order chi connectivity index (χ1) is 13.2. The Morgan fingerprint density at radius 3 is 2.32 bits per heavy atom. The second-order valence-electron chi connectivity index (χ2n) is 7.84. The van der Waals surface area contributed by atoms with E-state index in [4.69, 9.17) is 5.73 Å². The minimum Gasteiger partial charge on any atom is -0.368 e. The average molecular weight is 379 g/mol. The number of carbonyl (C=O) groups is 3. The lowest BCUT2D eigenvalue weighted by Gasteiger charge is -2.30. The van der Waals surface area contributed by atoms with Crippen molar-refractivity contribution >= 4 is 23.4 Å². The monoisotopic (exact) mass is 379 g/mol. The summed E-state index contributed by atoms with van der Waals surface area (Å²) in [5.74, 6) is -1.16. The van der Waals surface area contributed by atoms with Crippen LogP contribution >= 0.6 is 0 Å². The van der Waals surface area contributed by atoms with E-state index in [0.29, 0.717) is 6.42 Å². The second kappa shape index (κ2) is 7.11. The van der Waals surface area contributed by atoms with E-state index in [1.54, 1.807) is 25.8 Å². The van der Waals surface area contributed by atoms with Crippen LogP contribution in [0.15, 0.2) is 54.6 Å². The number of amides is 3. The first-order valence-corrected chi connectivity index (χ1v) is 9.20. The number of nitrogens with zero attached hydrogens (tertiary/aromatic N) is 1. The van der Waals surface area contributed by atoms with Gasteiger partial charge >= 0.3 is 0 Å². The number of para-hydroxylation sites is 1. The van der Waals surface area contributed by atoms with E-state index >= 15 is 0 Å². The third kappa shape index (κ3) is 3.38. The van der Waals surface area contributed by atoms with Gasteiger partial charge in [0.05, 0.1) is 5.41 Å². The molecule has 3 amide bonds. The highest BCUT2D eigenvalue weighted by molar-refractivity contribution is 6.10. The number of nitrogens with one attached hydrogen (secondary N) is 1. The number of fused-ring (bicyclic) bond motifs is 1. The minimum absolute atomic E-state index is 0.0706. The highest BCUT2D eigenvalue weighted by Crippen LogP contribution is 2.45. The van der Waals surface area contributed by atoms with E-state index in [2.05, 4.69) is 5.32 Å².